The summed E-state index contributed by atoms with van der Waals surface area (Å²) >= 11 is 0. The predicted octanol–water partition coefficient (Wildman–Crippen LogP) is 2.03. The summed E-state index contributed by atoms with van der Waals surface area (Å²) in [5, 5.41) is 3.61. The second-order valence-corrected chi connectivity index (χ2v) is 7.63. The number of nitrogens with one attached hydrogen (secondary N) is 1. The lowest BCUT2D eigenvalue weighted by Crippen LogP contribution is -2.55. The van der Waals surface area contributed by atoms with Gasteiger partial charge in [0.1, 0.15) is 0 Å². The van der Waals surface area contributed by atoms with Gasteiger partial charge < -0.3 is 15.1 Å². The molecule has 2 aliphatic rings. The lowest BCUT2D eigenvalue weighted by molar-refractivity contribution is -0.138. The largest absolute Gasteiger partial charge is 0.382 e. The lowest BCUT2D eigenvalue weighted by Gasteiger charge is -2.39. The zero-order chi connectivity index (χ0) is 17.8. The summed E-state index contributed by atoms with van der Waals surface area (Å²) in [4.78, 5) is 19.6. The smallest absolute Gasteiger partial charge is 0.239 e. The van der Waals surface area contributed by atoms with Crippen molar-refractivity contribution in [1.82, 2.24) is 14.7 Å². The maximum absolute atomic E-state index is 12.8. The van der Waals surface area contributed by atoms with Crippen LogP contribution >= 0.6 is 0 Å². The summed E-state index contributed by atoms with van der Waals surface area (Å²) in [6, 6.07) is 9.03. The number of aryl methyl sites for hydroxylation is 1. The number of anilines is 1. The number of hydrogen-bond donors (Lipinski definition) is 1. The highest BCUT2D eigenvalue weighted by molar-refractivity contribution is 5.81. The van der Waals surface area contributed by atoms with E-state index in [2.05, 4.69) is 65.2 Å². The van der Waals surface area contributed by atoms with Crippen molar-refractivity contribution in [2.45, 2.75) is 38.8 Å². The van der Waals surface area contributed by atoms with Gasteiger partial charge in [-0.1, -0.05) is 17.7 Å². The minimum atomic E-state index is 0.00954. The van der Waals surface area contributed by atoms with Crippen LogP contribution in [-0.2, 0) is 4.79 Å². The summed E-state index contributed by atoms with van der Waals surface area (Å²) in [6.45, 7) is 10.0. The first kappa shape index (κ1) is 18.2. The number of likely N-dealkylation sites (N-methyl/N-ethyl adjacent to an activating group) is 1. The second-order valence-electron chi connectivity index (χ2n) is 7.63. The topological polar surface area (TPSA) is 38.8 Å². The number of amides is 1. The highest BCUT2D eigenvalue weighted by Gasteiger charge is 2.30. The van der Waals surface area contributed by atoms with Gasteiger partial charge in [-0.3, -0.25) is 9.69 Å². The van der Waals surface area contributed by atoms with Crippen LogP contribution in [0.3, 0.4) is 0 Å². The molecule has 1 amide bonds. The standard InChI is InChI=1S/C20H32N4O/c1-16-4-6-18(7-5-16)21-19-8-10-24(11-9-19)20(25)17(2)23-14-12-22(3)13-15-23/h4-7,17,19,21H,8-15H2,1-3H3/t17-/m0/s1. The monoisotopic (exact) mass is 344 g/mol. The van der Waals surface area contributed by atoms with E-state index >= 15 is 0 Å². The number of hydrogen-bond acceptors (Lipinski definition) is 4. The predicted molar refractivity (Wildman–Crippen MR) is 103 cm³/mol. The Morgan fingerprint density at radius 1 is 1.04 bits per heavy atom. The SMILES string of the molecule is Cc1ccc(NC2CCN(C(=O)[C@H](C)N3CCN(C)CC3)CC2)cc1. The van der Waals surface area contributed by atoms with E-state index in [1.807, 2.05) is 0 Å². The Kier molecular flexibility index (Phi) is 5.97. The number of piperidine rings is 1. The Labute approximate surface area is 152 Å². The van der Waals surface area contributed by atoms with Gasteiger partial charge in [0.05, 0.1) is 6.04 Å². The third kappa shape index (κ3) is 4.73. The number of carbonyl (C=O) groups excluding carboxylic acids is 1. The molecule has 138 valence electrons. The molecule has 3 rings (SSSR count). The van der Waals surface area contributed by atoms with Crippen molar-refractivity contribution in [2.24, 2.45) is 0 Å². The summed E-state index contributed by atoms with van der Waals surface area (Å²) in [7, 11) is 2.15. The van der Waals surface area contributed by atoms with E-state index in [0.29, 0.717) is 11.9 Å². The van der Waals surface area contributed by atoms with Gasteiger partial charge in [-0.2, -0.15) is 0 Å². The molecule has 2 fully saturated rings. The molecule has 0 spiro atoms. The average Bonchev–Trinajstić information content (AvgIpc) is 2.64. The quantitative estimate of drug-likeness (QED) is 0.907. The summed E-state index contributed by atoms with van der Waals surface area (Å²) in [5.74, 6) is 0.304. The fourth-order valence-electron chi connectivity index (χ4n) is 3.76. The maximum Gasteiger partial charge on any atom is 0.239 e. The first-order valence-corrected chi connectivity index (χ1v) is 9.57. The van der Waals surface area contributed by atoms with Gasteiger partial charge >= 0.3 is 0 Å². The highest BCUT2D eigenvalue weighted by atomic mass is 16.2. The van der Waals surface area contributed by atoms with Crippen LogP contribution in [0, 0.1) is 6.92 Å². The van der Waals surface area contributed by atoms with Gasteiger partial charge in [0.25, 0.3) is 0 Å². The molecule has 1 atom stereocenters. The van der Waals surface area contributed by atoms with Gasteiger partial charge in [-0.05, 0) is 45.9 Å². The van der Waals surface area contributed by atoms with Crippen LogP contribution in [0.15, 0.2) is 24.3 Å². The number of nitrogens with zero attached hydrogens (tertiary/aromatic N) is 3. The van der Waals surface area contributed by atoms with E-state index in [-0.39, 0.29) is 6.04 Å². The first-order chi connectivity index (χ1) is 12.0. The third-order valence-corrected chi connectivity index (χ3v) is 5.67. The zero-order valence-corrected chi connectivity index (χ0v) is 15.9. The van der Waals surface area contributed by atoms with Crippen LogP contribution < -0.4 is 5.32 Å². The normalized spacial score (nSPS) is 22.0. The molecule has 1 aromatic rings. The van der Waals surface area contributed by atoms with Crippen molar-refractivity contribution >= 4 is 11.6 Å². The molecule has 2 aliphatic heterocycles. The lowest BCUT2D eigenvalue weighted by atomic mass is 10.0. The number of benzene rings is 1. The average molecular weight is 345 g/mol. The highest BCUT2D eigenvalue weighted by Crippen LogP contribution is 2.19. The van der Waals surface area contributed by atoms with E-state index in [0.717, 1.165) is 52.1 Å². The van der Waals surface area contributed by atoms with Crippen molar-refractivity contribution < 1.29 is 4.79 Å². The summed E-state index contributed by atoms with van der Waals surface area (Å²) in [5.41, 5.74) is 2.46. The van der Waals surface area contributed by atoms with Crippen molar-refractivity contribution in [1.29, 1.82) is 0 Å². The Morgan fingerprint density at radius 2 is 1.64 bits per heavy atom. The van der Waals surface area contributed by atoms with Gasteiger partial charge in [-0.15, -0.1) is 0 Å². The maximum atomic E-state index is 12.8. The van der Waals surface area contributed by atoms with Crippen LogP contribution in [0.5, 0.6) is 0 Å². The molecule has 25 heavy (non-hydrogen) atoms. The fraction of sp³-hybridized carbons (Fsp3) is 0.650. The Balaban J connectivity index is 1.46. The van der Waals surface area contributed by atoms with Crippen molar-refractivity contribution in [3.8, 4) is 0 Å². The van der Waals surface area contributed by atoms with Crippen molar-refractivity contribution in [3.05, 3.63) is 29.8 Å². The third-order valence-electron chi connectivity index (χ3n) is 5.67. The zero-order valence-electron chi connectivity index (χ0n) is 15.9. The fourth-order valence-corrected chi connectivity index (χ4v) is 3.76. The van der Waals surface area contributed by atoms with Crippen LogP contribution in [0.2, 0.25) is 0 Å². The molecule has 2 heterocycles. The second kappa shape index (κ2) is 8.19. The van der Waals surface area contributed by atoms with E-state index < -0.39 is 0 Å². The molecule has 0 aliphatic carbocycles. The van der Waals surface area contributed by atoms with Gasteiger partial charge in [0.2, 0.25) is 5.91 Å². The van der Waals surface area contributed by atoms with Crippen molar-refractivity contribution in [3.63, 3.8) is 0 Å². The van der Waals surface area contributed by atoms with Crippen LogP contribution in [0.1, 0.15) is 25.3 Å². The molecular weight excluding hydrogens is 312 g/mol. The van der Waals surface area contributed by atoms with E-state index in [9.17, 15) is 4.79 Å². The molecule has 0 radical (unpaired) electrons. The molecule has 5 heteroatoms. The van der Waals surface area contributed by atoms with Gasteiger partial charge in [0.15, 0.2) is 0 Å². The molecule has 0 saturated carbocycles. The molecule has 5 nitrogen and oxygen atoms in total. The van der Waals surface area contributed by atoms with E-state index in [4.69, 9.17) is 0 Å². The molecule has 0 aromatic heterocycles. The summed E-state index contributed by atoms with van der Waals surface area (Å²) in [6.07, 6.45) is 2.05. The van der Waals surface area contributed by atoms with E-state index in [1.54, 1.807) is 0 Å². The number of piperazine rings is 1. The number of carbonyl (C=O) groups is 1. The molecule has 1 N–H and O–H groups in total. The number of likely N-dealkylation sites (tertiary alicyclic amines) is 1. The Hall–Kier alpha value is -1.59. The Bertz CT molecular complexity index is 558. The van der Waals surface area contributed by atoms with Crippen LogP contribution in [-0.4, -0.2) is 79.0 Å². The van der Waals surface area contributed by atoms with Crippen molar-refractivity contribution in [2.75, 3.05) is 51.6 Å². The minimum absolute atomic E-state index is 0.00954. The van der Waals surface area contributed by atoms with Crippen LogP contribution in [0.25, 0.3) is 0 Å². The molecule has 0 bridgehead atoms. The molecule has 0 unspecified atom stereocenters. The molecular formula is C20H32N4O. The van der Waals surface area contributed by atoms with E-state index in [1.165, 1.54) is 11.3 Å². The summed E-state index contributed by atoms with van der Waals surface area (Å²) < 4.78 is 0. The minimum Gasteiger partial charge on any atom is -0.382 e. The Morgan fingerprint density at radius 3 is 2.24 bits per heavy atom. The van der Waals surface area contributed by atoms with Crippen LogP contribution in [0.4, 0.5) is 5.69 Å². The van der Waals surface area contributed by atoms with Gasteiger partial charge in [0, 0.05) is 51.0 Å². The number of rotatable bonds is 4. The van der Waals surface area contributed by atoms with Gasteiger partial charge in [-0.25, -0.2) is 0 Å². The molecule has 1 aromatic carbocycles. The first-order valence-electron chi connectivity index (χ1n) is 9.57. The molecule has 2 saturated heterocycles.